The Labute approximate surface area is 37.0 Å². The fraction of sp³-hybridized carbons (Fsp3) is 1.00. The Bertz CT molecular complexity index is 20.8. The smallest absolute Gasteiger partial charge is 0.148 e. The molecule has 37 valence electrons. The van der Waals surface area contributed by atoms with Crippen LogP contribution in [0.1, 0.15) is 0 Å². The lowest BCUT2D eigenvalue weighted by molar-refractivity contribution is -0.0296. The highest BCUT2D eigenvalue weighted by atomic mass is 16.7. The summed E-state index contributed by atoms with van der Waals surface area (Å²) in [5, 5.41) is 0. The van der Waals surface area contributed by atoms with Gasteiger partial charge in [-0.2, -0.15) is 0 Å². The molecule has 0 unspecified atom stereocenters. The van der Waals surface area contributed by atoms with Crippen molar-refractivity contribution < 1.29 is 9.47 Å². The summed E-state index contributed by atoms with van der Waals surface area (Å²) < 4.78 is 8.87. The molecule has 0 heterocycles. The van der Waals surface area contributed by atoms with Gasteiger partial charge in [-0.1, -0.05) is 0 Å². The number of hydrogen-bond donors (Lipinski definition) is 0. The monoisotopic (exact) mass is 90.1 g/mol. The van der Waals surface area contributed by atoms with Gasteiger partial charge in [0, 0.05) is 7.11 Å². The van der Waals surface area contributed by atoms with Crippen molar-refractivity contribution in [3.63, 3.8) is 0 Å². The standard InChI is InChI=1S/C3H8NO2/c1-5-3-6-2-4/h4H,2-3H2,1H3. The molecule has 6 heavy (non-hydrogen) atoms. The Morgan fingerprint density at radius 3 is 2.50 bits per heavy atom. The molecule has 0 saturated carbocycles. The first-order valence-electron chi connectivity index (χ1n) is 1.63. The maximum atomic E-state index is 6.40. The molecule has 0 atom stereocenters. The van der Waals surface area contributed by atoms with Crippen molar-refractivity contribution in [2.24, 2.45) is 0 Å². The van der Waals surface area contributed by atoms with Gasteiger partial charge in [-0.15, -0.1) is 0 Å². The Morgan fingerprint density at radius 2 is 2.33 bits per heavy atom. The van der Waals surface area contributed by atoms with Crippen molar-refractivity contribution in [1.29, 1.82) is 0 Å². The summed E-state index contributed by atoms with van der Waals surface area (Å²) >= 11 is 0. The van der Waals surface area contributed by atoms with E-state index < -0.39 is 0 Å². The van der Waals surface area contributed by atoms with Gasteiger partial charge in [0.15, 0.2) is 0 Å². The van der Waals surface area contributed by atoms with E-state index in [0.717, 1.165) is 0 Å². The van der Waals surface area contributed by atoms with E-state index in [1.165, 1.54) is 7.11 Å². The molecule has 0 rings (SSSR count). The maximum absolute atomic E-state index is 6.40. The van der Waals surface area contributed by atoms with Crippen molar-refractivity contribution in [1.82, 2.24) is 5.73 Å². The van der Waals surface area contributed by atoms with Crippen LogP contribution in [0.15, 0.2) is 0 Å². The van der Waals surface area contributed by atoms with E-state index in [1.54, 1.807) is 0 Å². The van der Waals surface area contributed by atoms with E-state index in [4.69, 9.17) is 5.73 Å². The zero-order chi connectivity index (χ0) is 4.83. The minimum absolute atomic E-state index is 0.0200. The maximum Gasteiger partial charge on any atom is 0.148 e. The quantitative estimate of drug-likeness (QED) is 0.357. The van der Waals surface area contributed by atoms with Gasteiger partial charge in [-0.25, -0.2) is 5.73 Å². The number of ether oxygens (including phenoxy) is 2. The van der Waals surface area contributed by atoms with Gasteiger partial charge in [0.2, 0.25) is 0 Å². The lowest BCUT2D eigenvalue weighted by Gasteiger charge is -1.92. The van der Waals surface area contributed by atoms with Crippen LogP contribution in [-0.2, 0) is 9.47 Å². The average molecular weight is 90.1 g/mol. The van der Waals surface area contributed by atoms with Crippen molar-refractivity contribution in [2.75, 3.05) is 20.6 Å². The van der Waals surface area contributed by atoms with E-state index in [0.29, 0.717) is 0 Å². The molecule has 0 aliphatic heterocycles. The molecule has 0 fully saturated rings. The van der Waals surface area contributed by atoms with Crippen molar-refractivity contribution in [2.45, 2.75) is 0 Å². The molecule has 3 heteroatoms. The molecule has 0 aliphatic carbocycles. The second-order valence-electron chi connectivity index (χ2n) is 0.755. The van der Waals surface area contributed by atoms with Gasteiger partial charge < -0.3 is 9.47 Å². The van der Waals surface area contributed by atoms with Gasteiger partial charge in [0.1, 0.15) is 13.5 Å². The molecule has 0 aromatic heterocycles. The first kappa shape index (κ1) is 5.88. The average Bonchev–Trinajstić information content (AvgIpc) is 1.61. The van der Waals surface area contributed by atoms with Gasteiger partial charge in [0.25, 0.3) is 0 Å². The fourth-order valence-electron chi connectivity index (χ4n) is 0.125. The highest BCUT2D eigenvalue weighted by molar-refractivity contribution is 3.97. The molecular formula is C3H8NO2. The molecule has 0 aromatic carbocycles. The number of methoxy groups -OCH3 is 1. The van der Waals surface area contributed by atoms with Crippen molar-refractivity contribution in [3.8, 4) is 0 Å². The number of nitrogens with one attached hydrogen (secondary N) is 1. The van der Waals surface area contributed by atoms with E-state index >= 15 is 0 Å². The Morgan fingerprint density at radius 1 is 1.67 bits per heavy atom. The van der Waals surface area contributed by atoms with E-state index in [-0.39, 0.29) is 13.5 Å². The van der Waals surface area contributed by atoms with E-state index in [9.17, 15) is 0 Å². The lowest BCUT2D eigenvalue weighted by atomic mass is 11.3. The predicted molar refractivity (Wildman–Crippen MR) is 20.9 cm³/mol. The molecule has 0 spiro atoms. The molecule has 0 bridgehead atoms. The zero-order valence-corrected chi connectivity index (χ0v) is 3.73. The van der Waals surface area contributed by atoms with Gasteiger partial charge >= 0.3 is 0 Å². The van der Waals surface area contributed by atoms with Crippen LogP contribution >= 0.6 is 0 Å². The van der Waals surface area contributed by atoms with Crippen LogP contribution < -0.4 is 5.73 Å². The minimum Gasteiger partial charge on any atom is -0.359 e. The molecule has 3 nitrogen and oxygen atoms in total. The first-order valence-corrected chi connectivity index (χ1v) is 1.63. The highest BCUT2D eigenvalue weighted by Crippen LogP contribution is 1.65. The third kappa shape index (κ3) is 3.88. The second kappa shape index (κ2) is 4.88. The van der Waals surface area contributed by atoms with E-state index in [1.807, 2.05) is 0 Å². The summed E-state index contributed by atoms with van der Waals surface area (Å²) in [4.78, 5) is 0. The summed E-state index contributed by atoms with van der Waals surface area (Å²) in [5.74, 6) is 0. The van der Waals surface area contributed by atoms with Crippen LogP contribution in [0, 0.1) is 0 Å². The topological polar surface area (TPSA) is 42.3 Å². The fourth-order valence-corrected chi connectivity index (χ4v) is 0.125. The Balaban J connectivity index is 2.34. The van der Waals surface area contributed by atoms with Gasteiger partial charge in [0.05, 0.1) is 0 Å². The molecule has 0 saturated heterocycles. The second-order valence-corrected chi connectivity index (χ2v) is 0.755. The molecule has 1 radical (unpaired) electrons. The number of rotatable bonds is 3. The Hall–Kier alpha value is -0.120. The first-order chi connectivity index (χ1) is 2.91. The van der Waals surface area contributed by atoms with Crippen LogP contribution in [0.25, 0.3) is 0 Å². The third-order valence-corrected chi connectivity index (χ3v) is 0.303. The minimum atomic E-state index is -0.0200. The third-order valence-electron chi connectivity index (χ3n) is 0.303. The van der Waals surface area contributed by atoms with Crippen molar-refractivity contribution >= 4 is 0 Å². The molecule has 0 amide bonds. The summed E-state index contributed by atoms with van der Waals surface area (Å²) in [6.45, 7) is 0.206. The van der Waals surface area contributed by atoms with Crippen molar-refractivity contribution in [3.05, 3.63) is 0 Å². The van der Waals surface area contributed by atoms with Crippen LogP contribution in [0.3, 0.4) is 0 Å². The molecule has 1 N–H and O–H groups in total. The van der Waals surface area contributed by atoms with E-state index in [2.05, 4.69) is 9.47 Å². The number of hydrogen-bond acceptors (Lipinski definition) is 2. The molecular weight excluding hydrogens is 82.0 g/mol. The summed E-state index contributed by atoms with van der Waals surface area (Å²) in [5.41, 5.74) is 6.40. The van der Waals surface area contributed by atoms with Crippen LogP contribution in [0.5, 0.6) is 0 Å². The molecule has 0 aromatic rings. The van der Waals surface area contributed by atoms with Gasteiger partial charge in [-0.05, 0) is 0 Å². The highest BCUT2D eigenvalue weighted by Gasteiger charge is 1.71. The lowest BCUT2D eigenvalue weighted by Crippen LogP contribution is -1.97. The normalized spacial score (nSPS) is 9.00. The predicted octanol–water partition coefficient (Wildman–Crippen LogP) is -0.153. The van der Waals surface area contributed by atoms with Crippen LogP contribution in [0.2, 0.25) is 0 Å². The zero-order valence-electron chi connectivity index (χ0n) is 3.73. The SMILES string of the molecule is COCOC[NH]. The van der Waals surface area contributed by atoms with Crippen LogP contribution in [-0.4, -0.2) is 20.6 Å². The summed E-state index contributed by atoms with van der Waals surface area (Å²) in [7, 11) is 1.52. The summed E-state index contributed by atoms with van der Waals surface area (Å²) in [6, 6.07) is 0. The largest absolute Gasteiger partial charge is 0.359 e. The van der Waals surface area contributed by atoms with Gasteiger partial charge in [-0.3, -0.25) is 0 Å². The summed E-state index contributed by atoms with van der Waals surface area (Å²) in [6.07, 6.45) is 0. The Kier molecular flexibility index (Phi) is 4.78. The van der Waals surface area contributed by atoms with Crippen LogP contribution in [0.4, 0.5) is 0 Å². The molecule has 0 aliphatic rings.